The second-order valence-electron chi connectivity index (χ2n) is 7.32. The lowest BCUT2D eigenvalue weighted by Gasteiger charge is -2.21. The number of nitrogens with one attached hydrogen (secondary N) is 2. The van der Waals surface area contributed by atoms with E-state index in [0.29, 0.717) is 0 Å². The molecule has 2 rings (SSSR count). The van der Waals surface area contributed by atoms with Crippen molar-refractivity contribution in [1.29, 1.82) is 0 Å². The van der Waals surface area contributed by atoms with Crippen molar-refractivity contribution in [2.75, 3.05) is 45.2 Å². The third kappa shape index (κ3) is 6.41. The van der Waals surface area contributed by atoms with E-state index in [1.165, 1.54) is 12.1 Å². The molecule has 150 valence electrons. The van der Waals surface area contributed by atoms with Crippen LogP contribution < -0.4 is 15.5 Å². The number of aliphatic imine (C=N–C) groups is 1. The van der Waals surface area contributed by atoms with Crippen molar-refractivity contribution in [1.82, 2.24) is 15.5 Å². The van der Waals surface area contributed by atoms with Crippen LogP contribution in [0.5, 0.6) is 0 Å². The van der Waals surface area contributed by atoms with Gasteiger partial charge in [0, 0.05) is 57.9 Å². The van der Waals surface area contributed by atoms with Crippen LogP contribution in [0.4, 0.5) is 10.1 Å². The van der Waals surface area contributed by atoms with Gasteiger partial charge in [-0.15, -0.1) is 0 Å². The summed E-state index contributed by atoms with van der Waals surface area (Å²) in [6.45, 7) is 6.97. The Hall–Kier alpha value is -2.31. The van der Waals surface area contributed by atoms with Crippen LogP contribution in [0.25, 0.3) is 0 Å². The van der Waals surface area contributed by atoms with Gasteiger partial charge in [-0.2, -0.15) is 0 Å². The summed E-state index contributed by atoms with van der Waals surface area (Å²) in [6.07, 6.45) is 1.83. The summed E-state index contributed by atoms with van der Waals surface area (Å²) in [7, 11) is 3.71. The molecule has 1 saturated heterocycles. The molecule has 1 aromatic rings. The maximum atomic E-state index is 13.3. The molecule has 0 spiro atoms. The zero-order chi connectivity index (χ0) is 19.8. The second kappa shape index (κ2) is 10.1. The van der Waals surface area contributed by atoms with E-state index in [0.717, 1.165) is 50.7 Å². The minimum absolute atomic E-state index is 0.0382. The molecule has 27 heavy (non-hydrogen) atoms. The number of nitrogens with zero attached hydrogens (tertiary/aromatic N) is 3. The highest BCUT2D eigenvalue weighted by Crippen LogP contribution is 2.14. The highest BCUT2D eigenvalue weighted by molar-refractivity contribution is 5.81. The fraction of sp³-hybridized carbons (Fsp3) is 0.600. The molecule has 2 N–H and O–H groups in total. The van der Waals surface area contributed by atoms with Crippen molar-refractivity contribution in [3.05, 3.63) is 30.1 Å². The Bertz CT molecular complexity index is 649. The first-order valence-corrected chi connectivity index (χ1v) is 9.63. The van der Waals surface area contributed by atoms with Gasteiger partial charge in [-0.05, 0) is 31.0 Å². The Morgan fingerprint density at radius 3 is 2.89 bits per heavy atom. The van der Waals surface area contributed by atoms with Gasteiger partial charge in [0.2, 0.25) is 5.91 Å². The lowest BCUT2D eigenvalue weighted by Crippen LogP contribution is -2.45. The molecule has 1 fully saturated rings. The van der Waals surface area contributed by atoms with Crippen LogP contribution in [-0.2, 0) is 4.79 Å². The van der Waals surface area contributed by atoms with Crippen LogP contribution in [0.15, 0.2) is 29.3 Å². The largest absolute Gasteiger partial charge is 0.374 e. The van der Waals surface area contributed by atoms with E-state index in [1.807, 2.05) is 36.8 Å². The molecular weight excluding hydrogens is 345 g/mol. The van der Waals surface area contributed by atoms with Crippen LogP contribution >= 0.6 is 0 Å². The first-order valence-electron chi connectivity index (χ1n) is 9.63. The molecule has 7 heteroatoms. The first-order chi connectivity index (χ1) is 12.9. The number of benzene rings is 1. The Labute approximate surface area is 161 Å². The van der Waals surface area contributed by atoms with Gasteiger partial charge >= 0.3 is 0 Å². The molecule has 1 heterocycles. The van der Waals surface area contributed by atoms with Crippen LogP contribution in [0, 0.1) is 11.7 Å². The number of hydrogen-bond acceptors (Lipinski definition) is 3. The van der Waals surface area contributed by atoms with E-state index in [4.69, 9.17) is 0 Å². The van der Waals surface area contributed by atoms with Gasteiger partial charge in [0.15, 0.2) is 5.96 Å². The predicted molar refractivity (Wildman–Crippen MR) is 109 cm³/mol. The van der Waals surface area contributed by atoms with Gasteiger partial charge in [-0.3, -0.25) is 9.79 Å². The molecule has 0 aliphatic carbocycles. The van der Waals surface area contributed by atoms with E-state index in [9.17, 15) is 9.18 Å². The van der Waals surface area contributed by atoms with Crippen molar-refractivity contribution in [3.63, 3.8) is 0 Å². The second-order valence-corrected chi connectivity index (χ2v) is 7.32. The molecule has 0 bridgehead atoms. The van der Waals surface area contributed by atoms with Crippen molar-refractivity contribution in [3.8, 4) is 0 Å². The fourth-order valence-electron chi connectivity index (χ4n) is 3.20. The monoisotopic (exact) mass is 377 g/mol. The van der Waals surface area contributed by atoms with Crippen LogP contribution in [0.1, 0.15) is 26.7 Å². The Morgan fingerprint density at radius 2 is 2.22 bits per heavy atom. The third-order valence-corrected chi connectivity index (χ3v) is 4.77. The summed E-state index contributed by atoms with van der Waals surface area (Å²) in [5.41, 5.74) is 0.873. The van der Waals surface area contributed by atoms with E-state index in [-0.39, 0.29) is 23.7 Å². The predicted octanol–water partition coefficient (Wildman–Crippen LogP) is 2.07. The third-order valence-electron chi connectivity index (χ3n) is 4.77. The normalized spacial score (nSPS) is 17.3. The molecule has 0 aromatic heterocycles. The summed E-state index contributed by atoms with van der Waals surface area (Å²) >= 11 is 0. The van der Waals surface area contributed by atoms with Crippen LogP contribution in [0.2, 0.25) is 0 Å². The fourth-order valence-corrected chi connectivity index (χ4v) is 3.20. The molecule has 1 atom stereocenters. The van der Waals surface area contributed by atoms with Crippen molar-refractivity contribution < 1.29 is 9.18 Å². The number of hydrogen-bond donors (Lipinski definition) is 2. The lowest BCUT2D eigenvalue weighted by molar-refractivity contribution is -0.133. The van der Waals surface area contributed by atoms with Gasteiger partial charge in [0.05, 0.1) is 0 Å². The zero-order valence-electron chi connectivity index (χ0n) is 16.8. The SMILES string of the molecule is CN=C(NCCCN(C)c1cccc(F)c1)NC1CCN(C(=O)C(C)C)C1. The molecule has 0 radical (unpaired) electrons. The molecule has 1 aliphatic heterocycles. The maximum absolute atomic E-state index is 13.3. The highest BCUT2D eigenvalue weighted by Gasteiger charge is 2.27. The minimum atomic E-state index is -0.219. The molecular formula is C20H32FN5O. The van der Waals surface area contributed by atoms with Crippen molar-refractivity contribution in [2.24, 2.45) is 10.9 Å². The number of rotatable bonds is 7. The van der Waals surface area contributed by atoms with Crippen molar-refractivity contribution >= 4 is 17.6 Å². The van der Waals surface area contributed by atoms with E-state index in [1.54, 1.807) is 13.1 Å². The summed E-state index contributed by atoms with van der Waals surface area (Å²) in [6, 6.07) is 6.85. The van der Waals surface area contributed by atoms with E-state index < -0.39 is 0 Å². The van der Waals surface area contributed by atoms with E-state index in [2.05, 4.69) is 15.6 Å². The number of guanidine groups is 1. The number of halogens is 1. The number of likely N-dealkylation sites (tertiary alicyclic amines) is 1. The maximum Gasteiger partial charge on any atom is 0.225 e. The van der Waals surface area contributed by atoms with Gasteiger partial charge in [-0.1, -0.05) is 19.9 Å². The minimum Gasteiger partial charge on any atom is -0.374 e. The first kappa shape index (κ1) is 21.0. The number of carbonyl (C=O) groups is 1. The standard InChI is InChI=1S/C20H32FN5O/c1-15(2)19(27)26-12-9-17(14-26)24-20(22-3)23-10-6-11-25(4)18-8-5-7-16(21)13-18/h5,7-8,13,15,17H,6,9-12,14H2,1-4H3,(H2,22,23,24). The van der Waals surface area contributed by atoms with Crippen LogP contribution in [-0.4, -0.2) is 63.1 Å². The molecule has 1 amide bonds. The Morgan fingerprint density at radius 1 is 1.44 bits per heavy atom. The average molecular weight is 378 g/mol. The summed E-state index contributed by atoms with van der Waals surface area (Å²) in [5.74, 6) is 0.787. The molecule has 0 saturated carbocycles. The molecule has 6 nitrogen and oxygen atoms in total. The Balaban J connectivity index is 1.69. The quantitative estimate of drug-likeness (QED) is 0.434. The van der Waals surface area contributed by atoms with Gasteiger partial charge in [-0.25, -0.2) is 4.39 Å². The number of anilines is 1. The summed E-state index contributed by atoms with van der Waals surface area (Å²) in [5, 5.41) is 6.71. The molecule has 1 unspecified atom stereocenters. The number of carbonyl (C=O) groups excluding carboxylic acids is 1. The number of amides is 1. The zero-order valence-corrected chi connectivity index (χ0v) is 16.8. The van der Waals surface area contributed by atoms with Gasteiger partial charge < -0.3 is 20.4 Å². The Kier molecular flexibility index (Phi) is 7.88. The average Bonchev–Trinajstić information content (AvgIpc) is 3.11. The smallest absolute Gasteiger partial charge is 0.225 e. The molecule has 1 aliphatic rings. The topological polar surface area (TPSA) is 60.0 Å². The van der Waals surface area contributed by atoms with Gasteiger partial charge in [0.1, 0.15) is 5.82 Å². The van der Waals surface area contributed by atoms with E-state index >= 15 is 0 Å². The summed E-state index contributed by atoms with van der Waals surface area (Å²) in [4.78, 5) is 20.3. The van der Waals surface area contributed by atoms with Crippen LogP contribution in [0.3, 0.4) is 0 Å². The van der Waals surface area contributed by atoms with Gasteiger partial charge in [0.25, 0.3) is 0 Å². The summed E-state index contributed by atoms with van der Waals surface area (Å²) < 4.78 is 13.3. The molecule has 1 aromatic carbocycles. The van der Waals surface area contributed by atoms with Crippen molar-refractivity contribution in [2.45, 2.75) is 32.7 Å². The lowest BCUT2D eigenvalue weighted by atomic mass is 10.2. The highest BCUT2D eigenvalue weighted by atomic mass is 19.1.